The smallest absolute Gasteiger partial charge is 0.227 e. The van der Waals surface area contributed by atoms with Crippen molar-refractivity contribution >= 4 is 23.5 Å². The number of allylic oxidation sites excluding steroid dienone is 2. The van der Waals surface area contributed by atoms with Gasteiger partial charge in [0.15, 0.2) is 0 Å². The number of hydrogen-bond acceptors (Lipinski definition) is 6. The van der Waals surface area contributed by atoms with Crippen molar-refractivity contribution in [2.24, 2.45) is 11.3 Å². The first-order valence-corrected chi connectivity index (χ1v) is 9.77. The molecule has 4 rings (SSSR count). The molecule has 1 aliphatic carbocycles. The number of ketones is 1. The van der Waals surface area contributed by atoms with Crippen molar-refractivity contribution < 1.29 is 9.90 Å². The van der Waals surface area contributed by atoms with Crippen LogP contribution in [0, 0.1) is 11.3 Å². The van der Waals surface area contributed by atoms with Crippen LogP contribution in [0.15, 0.2) is 41.2 Å². The van der Waals surface area contributed by atoms with Gasteiger partial charge < -0.3 is 10.4 Å². The molecule has 0 spiro atoms. The van der Waals surface area contributed by atoms with Gasteiger partial charge in [-0.25, -0.2) is 4.68 Å². The van der Waals surface area contributed by atoms with E-state index in [2.05, 4.69) is 42.2 Å². The number of rotatable bonds is 3. The van der Waals surface area contributed by atoms with Crippen LogP contribution in [0.1, 0.15) is 38.8 Å². The van der Waals surface area contributed by atoms with Crippen molar-refractivity contribution in [1.29, 1.82) is 0 Å². The number of carbonyl (C=O) groups is 1. The molecule has 0 bridgehead atoms. The summed E-state index contributed by atoms with van der Waals surface area (Å²) in [7, 11) is 0. The van der Waals surface area contributed by atoms with Crippen molar-refractivity contribution in [3.05, 3.63) is 41.6 Å². The highest BCUT2D eigenvalue weighted by Gasteiger charge is 2.45. The molecule has 1 aliphatic heterocycles. The van der Waals surface area contributed by atoms with Crippen LogP contribution in [0.2, 0.25) is 0 Å². The van der Waals surface area contributed by atoms with E-state index in [1.165, 1.54) is 0 Å². The van der Waals surface area contributed by atoms with Crippen molar-refractivity contribution in [2.75, 3.05) is 11.1 Å². The fraction of sp³-hybridized carbons (Fsp3) is 0.421. The maximum absolute atomic E-state index is 13.0. The molecule has 0 unspecified atom stereocenters. The third-order valence-electron chi connectivity index (χ3n) is 4.79. The normalized spacial score (nSPS) is 23.7. The summed E-state index contributed by atoms with van der Waals surface area (Å²) in [5.74, 6) is 1.53. The van der Waals surface area contributed by atoms with Gasteiger partial charge in [0, 0.05) is 12.1 Å². The van der Waals surface area contributed by atoms with Crippen molar-refractivity contribution in [3.8, 4) is 5.75 Å². The lowest BCUT2D eigenvalue weighted by molar-refractivity contribution is -0.125. The molecule has 0 amide bonds. The van der Waals surface area contributed by atoms with E-state index in [9.17, 15) is 9.90 Å². The topological polar surface area (TPSA) is 80.0 Å². The van der Waals surface area contributed by atoms with Crippen LogP contribution < -0.4 is 5.32 Å². The average molecular weight is 370 g/mol. The molecule has 0 radical (unpaired) electrons. The zero-order valence-electron chi connectivity index (χ0n) is 15.1. The molecule has 2 heterocycles. The fourth-order valence-electron chi connectivity index (χ4n) is 3.84. The van der Waals surface area contributed by atoms with E-state index in [0.29, 0.717) is 17.5 Å². The summed E-state index contributed by atoms with van der Waals surface area (Å²) < 4.78 is 1.80. The van der Waals surface area contributed by atoms with Gasteiger partial charge in [-0.05, 0) is 28.9 Å². The number of anilines is 1. The number of nitrogens with one attached hydrogen (secondary N) is 1. The Labute approximate surface area is 156 Å². The molecule has 2 atom stereocenters. The van der Waals surface area contributed by atoms with Crippen molar-refractivity contribution in [2.45, 2.75) is 38.4 Å². The Hall–Kier alpha value is -2.28. The molecule has 0 fully saturated rings. The van der Waals surface area contributed by atoms with Crippen LogP contribution in [0.5, 0.6) is 5.75 Å². The number of hydrogen-bond donors (Lipinski definition) is 2. The number of carbonyl (C=O) groups excluding carboxylic acids is 1. The Bertz CT molecular complexity index is 903. The van der Waals surface area contributed by atoms with Gasteiger partial charge in [-0.1, -0.05) is 50.7 Å². The quantitative estimate of drug-likeness (QED) is 0.804. The Morgan fingerprint density at radius 1 is 1.42 bits per heavy atom. The summed E-state index contributed by atoms with van der Waals surface area (Å²) in [6, 6.07) is 6.75. The lowest BCUT2D eigenvalue weighted by Crippen LogP contribution is -2.42. The lowest BCUT2D eigenvalue weighted by atomic mass is 9.72. The summed E-state index contributed by atoms with van der Waals surface area (Å²) in [6.07, 6.45) is 2.62. The maximum atomic E-state index is 13.0. The molecule has 1 aromatic heterocycles. The number of fused-ring (bicyclic) bond motifs is 2. The number of phenolic OH excluding ortho intramolecular Hbond substituents is 1. The number of thioether (sulfide) groups is 1. The van der Waals surface area contributed by atoms with E-state index in [-0.39, 0.29) is 28.9 Å². The standard InChI is InChI=1S/C19H22N4O2S/c1-4-26-18-21-17-20-13-9-19(2,3)10-14(25)15(13)16(23(17)22-18)11-6-5-7-12(24)8-11/h5-9,15-16,24H,4,10H2,1-3H3,(H,20,21,22)/t15-,16-/m1/s1. The van der Waals surface area contributed by atoms with Gasteiger partial charge in [-0.3, -0.25) is 4.79 Å². The monoisotopic (exact) mass is 370 g/mol. The van der Waals surface area contributed by atoms with E-state index in [1.54, 1.807) is 34.6 Å². The van der Waals surface area contributed by atoms with E-state index in [1.807, 2.05) is 6.07 Å². The molecule has 0 saturated carbocycles. The first-order valence-electron chi connectivity index (χ1n) is 8.79. The minimum Gasteiger partial charge on any atom is -0.508 e. The number of Topliss-reactive ketones (excluding diaryl/α,β-unsaturated/α-hetero) is 1. The molecule has 26 heavy (non-hydrogen) atoms. The first-order chi connectivity index (χ1) is 12.4. The minimum absolute atomic E-state index is 0.180. The second kappa shape index (κ2) is 6.16. The zero-order chi connectivity index (χ0) is 18.5. The predicted octanol–water partition coefficient (Wildman–Crippen LogP) is 3.61. The van der Waals surface area contributed by atoms with E-state index in [4.69, 9.17) is 0 Å². The molecule has 2 aromatic rings. The summed E-state index contributed by atoms with van der Waals surface area (Å²) in [5.41, 5.74) is 1.55. The van der Waals surface area contributed by atoms with Crippen molar-refractivity contribution in [3.63, 3.8) is 0 Å². The van der Waals surface area contributed by atoms with Gasteiger partial charge in [0.25, 0.3) is 0 Å². The van der Waals surface area contributed by atoms with Crippen LogP contribution in [-0.2, 0) is 4.79 Å². The van der Waals surface area contributed by atoms with E-state index in [0.717, 1.165) is 17.0 Å². The molecule has 1 aromatic carbocycles. The van der Waals surface area contributed by atoms with Crippen LogP contribution >= 0.6 is 11.8 Å². The summed E-state index contributed by atoms with van der Waals surface area (Å²) in [4.78, 5) is 17.6. The molecule has 2 aliphatic rings. The second-order valence-electron chi connectivity index (χ2n) is 7.47. The molecule has 6 nitrogen and oxygen atoms in total. The van der Waals surface area contributed by atoms with Gasteiger partial charge in [-0.2, -0.15) is 4.98 Å². The van der Waals surface area contributed by atoms with Crippen LogP contribution in [0.4, 0.5) is 5.95 Å². The van der Waals surface area contributed by atoms with E-state index >= 15 is 0 Å². The van der Waals surface area contributed by atoms with E-state index < -0.39 is 0 Å². The molecule has 0 saturated heterocycles. The molecular weight excluding hydrogens is 348 g/mol. The molecule has 7 heteroatoms. The number of aromatic hydroxyl groups is 1. The molecule has 2 N–H and O–H groups in total. The van der Waals surface area contributed by atoms with Crippen LogP contribution in [0.25, 0.3) is 0 Å². The van der Waals surface area contributed by atoms with Gasteiger partial charge in [0.05, 0.1) is 12.0 Å². The summed E-state index contributed by atoms with van der Waals surface area (Å²) >= 11 is 1.57. The SMILES string of the molecule is CCSc1nc2n(n1)[C@H](c1cccc(O)c1)[C@H]1C(=O)CC(C)(C)C=C1N2. The minimum atomic E-state index is -0.349. The first kappa shape index (κ1) is 17.1. The second-order valence-corrected chi connectivity index (χ2v) is 8.70. The summed E-state index contributed by atoms with van der Waals surface area (Å²) in [6.45, 7) is 6.19. The highest BCUT2D eigenvalue weighted by atomic mass is 32.2. The molecular formula is C19H22N4O2S. The largest absolute Gasteiger partial charge is 0.508 e. The number of nitrogens with zero attached hydrogens (tertiary/aromatic N) is 3. The predicted molar refractivity (Wildman–Crippen MR) is 101 cm³/mol. The van der Waals surface area contributed by atoms with Crippen molar-refractivity contribution in [1.82, 2.24) is 14.8 Å². The summed E-state index contributed by atoms with van der Waals surface area (Å²) in [5, 5.41) is 18.6. The number of benzene rings is 1. The average Bonchev–Trinajstić information content (AvgIpc) is 2.94. The third kappa shape index (κ3) is 2.90. The van der Waals surface area contributed by atoms with Gasteiger partial charge in [0.1, 0.15) is 11.5 Å². The zero-order valence-corrected chi connectivity index (χ0v) is 15.9. The Morgan fingerprint density at radius 3 is 2.96 bits per heavy atom. The highest BCUT2D eigenvalue weighted by Crippen LogP contribution is 2.45. The number of phenols is 1. The van der Waals surface area contributed by atoms with Gasteiger partial charge in [0.2, 0.25) is 11.1 Å². The van der Waals surface area contributed by atoms with Gasteiger partial charge in [-0.15, -0.1) is 5.10 Å². The fourth-order valence-corrected chi connectivity index (χ4v) is 4.39. The highest BCUT2D eigenvalue weighted by molar-refractivity contribution is 7.99. The van der Waals surface area contributed by atoms with Gasteiger partial charge >= 0.3 is 0 Å². The molecule has 136 valence electrons. The number of aromatic nitrogens is 3. The Kier molecular flexibility index (Phi) is 4.06. The Morgan fingerprint density at radius 2 is 2.23 bits per heavy atom. The Balaban J connectivity index is 1.90. The lowest BCUT2D eigenvalue weighted by Gasteiger charge is -2.40. The maximum Gasteiger partial charge on any atom is 0.227 e. The third-order valence-corrected chi connectivity index (χ3v) is 5.51. The van der Waals surface area contributed by atoms with Crippen LogP contribution in [0.3, 0.4) is 0 Å². The van der Waals surface area contributed by atoms with Crippen LogP contribution in [-0.4, -0.2) is 31.4 Å².